The van der Waals surface area contributed by atoms with Gasteiger partial charge in [0, 0.05) is 10.8 Å². The van der Waals surface area contributed by atoms with Gasteiger partial charge in [0.15, 0.2) is 0 Å². The second-order valence-corrected chi connectivity index (χ2v) is 3.27. The molecule has 0 unspecified atom stereocenters. The molecule has 1 rings (SSSR count). The van der Waals surface area contributed by atoms with Gasteiger partial charge in [-0.15, -0.1) is 0 Å². The van der Waals surface area contributed by atoms with E-state index in [9.17, 15) is 4.39 Å². The Morgan fingerprint density at radius 2 is 2.08 bits per heavy atom. The molecule has 0 atom stereocenters. The Labute approximate surface area is 78.3 Å². The summed E-state index contributed by atoms with van der Waals surface area (Å²) in [5, 5.41) is 17.3. The Balaban J connectivity index is 2.90. The molecule has 0 spiro atoms. The Hall–Kier alpha value is -0.385. The zero-order chi connectivity index (χ0) is 9.14. The maximum absolute atomic E-state index is 12.6. The molecule has 0 saturated carbocycles. The third-order valence-electron chi connectivity index (χ3n) is 1.41. The maximum Gasteiger partial charge on any atom is 0.456 e. The first-order valence-electron chi connectivity index (χ1n) is 3.39. The molecule has 0 radical (unpaired) electrons. The van der Waals surface area contributed by atoms with Gasteiger partial charge in [-0.25, -0.2) is 4.39 Å². The molecule has 0 heterocycles. The quantitative estimate of drug-likeness (QED) is 0.752. The van der Waals surface area contributed by atoms with E-state index in [1.54, 1.807) is 0 Å². The van der Waals surface area contributed by atoms with Crippen LogP contribution in [0.3, 0.4) is 0 Å². The van der Waals surface area contributed by atoms with E-state index in [-0.39, 0.29) is 12.1 Å². The third kappa shape index (κ3) is 2.58. The van der Waals surface area contributed by atoms with Crippen LogP contribution in [-0.4, -0.2) is 17.2 Å². The summed E-state index contributed by atoms with van der Waals surface area (Å²) in [6, 6.07) is 4.11. The number of hydrogen-bond acceptors (Lipinski definition) is 2. The van der Waals surface area contributed by atoms with E-state index in [0.717, 1.165) is 0 Å². The van der Waals surface area contributed by atoms with Crippen molar-refractivity contribution in [3.63, 3.8) is 0 Å². The lowest BCUT2D eigenvalue weighted by Crippen LogP contribution is -2.15. The zero-order valence-corrected chi connectivity index (χ0v) is 7.75. The molecule has 0 bridgehead atoms. The Kier molecular flexibility index (Phi) is 3.25. The first-order valence-corrected chi connectivity index (χ1v) is 4.19. The van der Waals surface area contributed by atoms with E-state index >= 15 is 0 Å². The van der Waals surface area contributed by atoms with Crippen LogP contribution in [0.5, 0.6) is 0 Å². The molecular formula is C7H7BBrFO2. The van der Waals surface area contributed by atoms with Crippen molar-refractivity contribution in [3.8, 4) is 0 Å². The van der Waals surface area contributed by atoms with Gasteiger partial charge in [-0.2, -0.15) is 0 Å². The molecule has 1 aromatic carbocycles. The normalized spacial score (nSPS) is 10.0. The van der Waals surface area contributed by atoms with Gasteiger partial charge in [0.05, 0.1) is 0 Å². The molecule has 0 aliphatic heterocycles. The first-order chi connectivity index (χ1) is 5.59. The predicted octanol–water partition coefficient (Wildman–Crippen LogP) is 1.14. The van der Waals surface area contributed by atoms with Crippen molar-refractivity contribution >= 4 is 23.0 Å². The molecule has 0 saturated heterocycles. The first kappa shape index (κ1) is 9.70. The molecule has 5 heteroatoms. The summed E-state index contributed by atoms with van der Waals surface area (Å²) >= 11 is 3.17. The molecule has 0 fully saturated rings. The highest BCUT2D eigenvalue weighted by molar-refractivity contribution is 9.10. The number of hydrogen-bond donors (Lipinski definition) is 2. The minimum Gasteiger partial charge on any atom is -0.427 e. The van der Waals surface area contributed by atoms with Crippen LogP contribution in [0, 0.1) is 5.82 Å². The highest BCUT2D eigenvalue weighted by Crippen LogP contribution is 2.18. The Morgan fingerprint density at radius 3 is 2.67 bits per heavy atom. The van der Waals surface area contributed by atoms with Crippen LogP contribution in [0.15, 0.2) is 22.7 Å². The molecule has 2 nitrogen and oxygen atoms in total. The van der Waals surface area contributed by atoms with E-state index < -0.39 is 7.12 Å². The fourth-order valence-electron chi connectivity index (χ4n) is 0.896. The molecule has 2 N–H and O–H groups in total. The average molecular weight is 233 g/mol. The van der Waals surface area contributed by atoms with Crippen molar-refractivity contribution in [1.29, 1.82) is 0 Å². The minimum absolute atomic E-state index is 0.0261. The molecule has 0 aliphatic rings. The van der Waals surface area contributed by atoms with Crippen molar-refractivity contribution in [1.82, 2.24) is 0 Å². The van der Waals surface area contributed by atoms with E-state index in [4.69, 9.17) is 10.0 Å². The zero-order valence-electron chi connectivity index (χ0n) is 6.17. The molecular weight excluding hydrogens is 226 g/mol. The van der Waals surface area contributed by atoms with Crippen LogP contribution in [0.2, 0.25) is 0 Å². The summed E-state index contributed by atoms with van der Waals surface area (Å²) in [6.45, 7) is 0. The van der Waals surface area contributed by atoms with Crippen LogP contribution in [-0.2, 0) is 6.32 Å². The van der Waals surface area contributed by atoms with Crippen LogP contribution < -0.4 is 0 Å². The number of benzene rings is 1. The van der Waals surface area contributed by atoms with Gasteiger partial charge in [-0.1, -0.05) is 15.9 Å². The van der Waals surface area contributed by atoms with Crippen LogP contribution in [0.25, 0.3) is 0 Å². The van der Waals surface area contributed by atoms with Gasteiger partial charge >= 0.3 is 7.12 Å². The van der Waals surface area contributed by atoms with E-state index in [1.807, 2.05) is 0 Å². The fourth-order valence-corrected chi connectivity index (χ4v) is 1.30. The van der Waals surface area contributed by atoms with Gasteiger partial charge in [0.2, 0.25) is 0 Å². The summed E-state index contributed by atoms with van der Waals surface area (Å²) in [4.78, 5) is 0. The molecule has 0 amide bonds. The summed E-state index contributed by atoms with van der Waals surface area (Å²) in [7, 11) is -1.44. The minimum atomic E-state index is -1.44. The lowest BCUT2D eigenvalue weighted by atomic mass is 9.82. The van der Waals surface area contributed by atoms with Crippen molar-refractivity contribution < 1.29 is 14.4 Å². The molecule has 12 heavy (non-hydrogen) atoms. The van der Waals surface area contributed by atoms with Crippen LogP contribution in [0.1, 0.15) is 5.56 Å². The van der Waals surface area contributed by atoms with Gasteiger partial charge < -0.3 is 10.0 Å². The SMILES string of the molecule is OB(O)Cc1cc(F)ccc1Br. The summed E-state index contributed by atoms with van der Waals surface area (Å²) < 4.78 is 13.3. The maximum atomic E-state index is 12.6. The van der Waals surface area contributed by atoms with Gasteiger partial charge in [0.25, 0.3) is 0 Å². The van der Waals surface area contributed by atoms with E-state index in [2.05, 4.69) is 15.9 Å². The lowest BCUT2D eigenvalue weighted by molar-refractivity contribution is 0.405. The van der Waals surface area contributed by atoms with Crippen molar-refractivity contribution in [2.45, 2.75) is 6.32 Å². The Morgan fingerprint density at radius 1 is 1.42 bits per heavy atom. The highest BCUT2D eigenvalue weighted by atomic mass is 79.9. The molecule has 0 aliphatic carbocycles. The highest BCUT2D eigenvalue weighted by Gasteiger charge is 2.11. The second kappa shape index (κ2) is 4.02. The smallest absolute Gasteiger partial charge is 0.427 e. The second-order valence-electron chi connectivity index (χ2n) is 2.42. The van der Waals surface area contributed by atoms with E-state index in [1.165, 1.54) is 18.2 Å². The van der Waals surface area contributed by atoms with E-state index in [0.29, 0.717) is 10.0 Å². The molecule has 1 aromatic rings. The van der Waals surface area contributed by atoms with Crippen molar-refractivity contribution in [2.75, 3.05) is 0 Å². The molecule has 64 valence electrons. The summed E-state index contributed by atoms with van der Waals surface area (Å²) in [5.41, 5.74) is 0.546. The molecule has 0 aromatic heterocycles. The number of halogens is 2. The van der Waals surface area contributed by atoms with Crippen LogP contribution >= 0.6 is 15.9 Å². The Bertz CT molecular complexity index is 280. The van der Waals surface area contributed by atoms with Gasteiger partial charge in [-0.05, 0) is 23.8 Å². The summed E-state index contributed by atoms with van der Waals surface area (Å²) in [5.74, 6) is -0.381. The van der Waals surface area contributed by atoms with Crippen LogP contribution in [0.4, 0.5) is 4.39 Å². The monoisotopic (exact) mass is 232 g/mol. The largest absolute Gasteiger partial charge is 0.456 e. The van der Waals surface area contributed by atoms with Crippen molar-refractivity contribution in [2.24, 2.45) is 0 Å². The fraction of sp³-hybridized carbons (Fsp3) is 0.143. The van der Waals surface area contributed by atoms with Gasteiger partial charge in [-0.3, -0.25) is 0 Å². The standard InChI is InChI=1S/C7H7BBrFO2/c9-7-2-1-6(10)3-5(7)4-8(11)12/h1-3,11-12H,4H2. The topological polar surface area (TPSA) is 40.5 Å². The van der Waals surface area contributed by atoms with Gasteiger partial charge in [0.1, 0.15) is 5.82 Å². The average Bonchev–Trinajstić information content (AvgIpc) is 1.96. The third-order valence-corrected chi connectivity index (χ3v) is 2.18. The van der Waals surface area contributed by atoms with Crippen molar-refractivity contribution in [3.05, 3.63) is 34.1 Å². The summed E-state index contributed by atoms with van der Waals surface area (Å²) in [6.07, 6.45) is 0.0261. The lowest BCUT2D eigenvalue weighted by Gasteiger charge is -2.02. The number of rotatable bonds is 2. The predicted molar refractivity (Wildman–Crippen MR) is 48.0 cm³/mol.